The van der Waals surface area contributed by atoms with Gasteiger partial charge >= 0.3 is 0 Å². The molecular weight excluding hydrogens is 252 g/mol. The van der Waals surface area contributed by atoms with E-state index in [1.807, 2.05) is 24.3 Å². The molecule has 1 heterocycles. The lowest BCUT2D eigenvalue weighted by Crippen LogP contribution is -2.24. The molecule has 20 heavy (non-hydrogen) atoms. The first kappa shape index (κ1) is 15.0. The molecule has 0 N–H and O–H groups in total. The van der Waals surface area contributed by atoms with Gasteiger partial charge in [-0.3, -0.25) is 0 Å². The van der Waals surface area contributed by atoms with Crippen LogP contribution in [0.3, 0.4) is 0 Å². The van der Waals surface area contributed by atoms with Crippen molar-refractivity contribution in [1.82, 2.24) is 0 Å². The summed E-state index contributed by atoms with van der Waals surface area (Å²) in [5, 5.41) is 0. The number of unbranched alkanes of at least 4 members (excludes halogenated alkanes) is 1. The Bertz CT molecular complexity index is 393. The minimum Gasteiger partial charge on any atom is -0.465 e. The van der Waals surface area contributed by atoms with E-state index in [4.69, 9.17) is 9.47 Å². The summed E-state index contributed by atoms with van der Waals surface area (Å²) in [4.78, 5) is 11.2. The molecule has 0 aliphatic carbocycles. The highest BCUT2D eigenvalue weighted by Crippen LogP contribution is 2.24. The second-order valence-electron chi connectivity index (χ2n) is 5.37. The molecule has 1 aliphatic heterocycles. The van der Waals surface area contributed by atoms with Gasteiger partial charge in [0, 0.05) is 12.3 Å². The molecule has 0 spiro atoms. The van der Waals surface area contributed by atoms with Crippen molar-refractivity contribution in [1.29, 1.82) is 0 Å². The summed E-state index contributed by atoms with van der Waals surface area (Å²) < 4.78 is 11.3. The van der Waals surface area contributed by atoms with Crippen LogP contribution < -0.4 is 4.74 Å². The smallest absolute Gasteiger partial charge is 0.199 e. The van der Waals surface area contributed by atoms with Crippen molar-refractivity contribution >= 4 is 6.29 Å². The summed E-state index contributed by atoms with van der Waals surface area (Å²) in [5.41, 5.74) is 1.07. The molecule has 1 fully saturated rings. The molecule has 0 amide bonds. The lowest BCUT2D eigenvalue weighted by molar-refractivity contribution is -0.109. The van der Waals surface area contributed by atoms with E-state index in [1.165, 1.54) is 0 Å². The third kappa shape index (κ3) is 4.34. The maximum absolute atomic E-state index is 11.2. The van der Waals surface area contributed by atoms with Gasteiger partial charge in [-0.1, -0.05) is 31.9 Å². The van der Waals surface area contributed by atoms with Crippen molar-refractivity contribution < 1.29 is 14.3 Å². The lowest BCUT2D eigenvalue weighted by atomic mass is 9.95. The topological polar surface area (TPSA) is 35.5 Å². The summed E-state index contributed by atoms with van der Waals surface area (Å²) in [6.07, 6.45) is 7.29. The van der Waals surface area contributed by atoms with Gasteiger partial charge in [0.05, 0.1) is 6.61 Å². The Labute approximate surface area is 121 Å². The second kappa shape index (κ2) is 8.05. The number of hydrogen-bond acceptors (Lipinski definition) is 3. The molecule has 1 saturated heterocycles. The van der Waals surface area contributed by atoms with Gasteiger partial charge in [-0.05, 0) is 37.0 Å². The number of aldehydes is 1. The van der Waals surface area contributed by atoms with Gasteiger partial charge < -0.3 is 14.3 Å². The fourth-order valence-electron chi connectivity index (χ4n) is 2.49. The molecule has 2 atom stereocenters. The van der Waals surface area contributed by atoms with E-state index in [0.29, 0.717) is 0 Å². The zero-order chi connectivity index (χ0) is 14.2. The van der Waals surface area contributed by atoms with Gasteiger partial charge in [0.25, 0.3) is 0 Å². The third-order valence-electron chi connectivity index (χ3n) is 3.75. The van der Waals surface area contributed by atoms with Crippen molar-refractivity contribution in [2.24, 2.45) is 0 Å². The molecule has 0 radical (unpaired) electrons. The first-order chi connectivity index (χ1) is 9.83. The molecule has 3 heteroatoms. The van der Waals surface area contributed by atoms with E-state index < -0.39 is 0 Å². The molecule has 1 aromatic rings. The Balaban J connectivity index is 1.92. The summed E-state index contributed by atoms with van der Waals surface area (Å²) >= 11 is 0. The largest absolute Gasteiger partial charge is 0.465 e. The average Bonchev–Trinajstić information content (AvgIpc) is 2.50. The highest BCUT2D eigenvalue weighted by molar-refractivity contribution is 5.62. The number of carbonyl (C=O) groups is 1. The number of carbonyl (C=O) groups excluding carboxylic acids is 1. The van der Waals surface area contributed by atoms with Gasteiger partial charge in [-0.15, -0.1) is 0 Å². The maximum Gasteiger partial charge on any atom is 0.199 e. The van der Waals surface area contributed by atoms with Crippen LogP contribution >= 0.6 is 0 Å². The molecule has 2 unspecified atom stereocenters. The predicted octanol–water partition coefficient (Wildman–Crippen LogP) is 4.06. The number of ether oxygens (including phenoxy) is 2. The van der Waals surface area contributed by atoms with E-state index >= 15 is 0 Å². The normalized spacial score (nSPS) is 20.4. The Morgan fingerprint density at radius 2 is 2.15 bits per heavy atom. The van der Waals surface area contributed by atoms with Crippen LogP contribution in [0, 0.1) is 0 Å². The van der Waals surface area contributed by atoms with Crippen molar-refractivity contribution in [3.8, 4) is 5.75 Å². The van der Waals surface area contributed by atoms with E-state index in [1.54, 1.807) is 0 Å². The van der Waals surface area contributed by atoms with Crippen LogP contribution in [0.4, 0.5) is 0 Å². The summed E-state index contributed by atoms with van der Waals surface area (Å²) in [7, 11) is 0. The highest BCUT2D eigenvalue weighted by Gasteiger charge is 2.15. The van der Waals surface area contributed by atoms with E-state index in [0.717, 1.165) is 62.7 Å². The van der Waals surface area contributed by atoms with Crippen LogP contribution in [0.15, 0.2) is 24.3 Å². The Morgan fingerprint density at radius 1 is 1.35 bits per heavy atom. The minimum atomic E-state index is -0.114. The minimum absolute atomic E-state index is 0.00919. The molecule has 110 valence electrons. The number of rotatable bonds is 7. The SMILES string of the molecule is CCCCC(C=O)c1ccc(OC2CCCCO2)cc1. The number of hydrogen-bond donors (Lipinski definition) is 0. The standard InChI is InChI=1S/C17H24O3/c1-2-3-6-15(13-18)14-8-10-16(11-9-14)20-17-7-4-5-12-19-17/h8-11,13,15,17H,2-7,12H2,1H3. The fraction of sp³-hybridized carbons (Fsp3) is 0.588. The Kier molecular flexibility index (Phi) is 6.06. The van der Waals surface area contributed by atoms with Crippen molar-refractivity contribution in [3.05, 3.63) is 29.8 Å². The van der Waals surface area contributed by atoms with E-state index in [9.17, 15) is 4.79 Å². The third-order valence-corrected chi connectivity index (χ3v) is 3.75. The first-order valence-electron chi connectivity index (χ1n) is 7.67. The van der Waals surface area contributed by atoms with Crippen LogP contribution in [0.5, 0.6) is 5.75 Å². The number of benzene rings is 1. The molecule has 2 rings (SSSR count). The molecule has 3 nitrogen and oxygen atoms in total. The molecule has 1 aliphatic rings. The van der Waals surface area contributed by atoms with Gasteiger partial charge in [0.2, 0.25) is 0 Å². The summed E-state index contributed by atoms with van der Waals surface area (Å²) in [5.74, 6) is 0.829. The average molecular weight is 276 g/mol. The van der Waals surface area contributed by atoms with Crippen molar-refractivity contribution in [2.45, 2.75) is 57.7 Å². The molecule has 0 saturated carbocycles. The van der Waals surface area contributed by atoms with Gasteiger partial charge in [-0.25, -0.2) is 0 Å². The van der Waals surface area contributed by atoms with Crippen LogP contribution in [-0.2, 0) is 9.53 Å². The monoisotopic (exact) mass is 276 g/mol. The summed E-state index contributed by atoms with van der Waals surface area (Å²) in [6, 6.07) is 7.87. The predicted molar refractivity (Wildman–Crippen MR) is 79.0 cm³/mol. The van der Waals surface area contributed by atoms with Crippen LogP contribution in [0.25, 0.3) is 0 Å². The van der Waals surface area contributed by atoms with Gasteiger partial charge in [0.1, 0.15) is 12.0 Å². The molecule has 0 aromatic heterocycles. The van der Waals surface area contributed by atoms with Crippen LogP contribution in [0.2, 0.25) is 0 Å². The zero-order valence-electron chi connectivity index (χ0n) is 12.2. The highest BCUT2D eigenvalue weighted by atomic mass is 16.7. The van der Waals surface area contributed by atoms with Crippen molar-refractivity contribution in [3.63, 3.8) is 0 Å². The first-order valence-corrected chi connectivity index (χ1v) is 7.67. The summed E-state index contributed by atoms with van der Waals surface area (Å²) in [6.45, 7) is 2.93. The van der Waals surface area contributed by atoms with Crippen molar-refractivity contribution in [2.75, 3.05) is 6.61 Å². The van der Waals surface area contributed by atoms with Crippen LogP contribution in [-0.4, -0.2) is 19.2 Å². The van der Waals surface area contributed by atoms with Gasteiger partial charge in [0.15, 0.2) is 6.29 Å². The molecule has 0 bridgehead atoms. The quantitative estimate of drug-likeness (QED) is 0.704. The maximum atomic E-state index is 11.2. The molecule has 1 aromatic carbocycles. The van der Waals surface area contributed by atoms with Gasteiger partial charge in [-0.2, -0.15) is 0 Å². The Hall–Kier alpha value is -1.35. The lowest BCUT2D eigenvalue weighted by Gasteiger charge is -2.23. The molecular formula is C17H24O3. The van der Waals surface area contributed by atoms with Crippen LogP contribution in [0.1, 0.15) is 56.9 Å². The Morgan fingerprint density at radius 3 is 2.75 bits per heavy atom. The van der Waals surface area contributed by atoms with E-state index in [2.05, 4.69) is 6.92 Å². The fourth-order valence-corrected chi connectivity index (χ4v) is 2.49. The van der Waals surface area contributed by atoms with E-state index in [-0.39, 0.29) is 12.2 Å². The zero-order valence-corrected chi connectivity index (χ0v) is 12.2. The second-order valence-corrected chi connectivity index (χ2v) is 5.37.